The molecule has 0 fully saturated rings. The molecule has 1 aromatic carbocycles. The van der Waals surface area contributed by atoms with Gasteiger partial charge in [-0.2, -0.15) is 0 Å². The first-order valence-corrected chi connectivity index (χ1v) is 6.41. The van der Waals surface area contributed by atoms with E-state index in [4.69, 9.17) is 10.8 Å². The number of hydrogen-bond donors (Lipinski definition) is 3. The van der Waals surface area contributed by atoms with Crippen LogP contribution in [0.2, 0.25) is 0 Å². The molecular formula is C15H22N2O3. The Labute approximate surface area is 119 Å². The standard InChI is InChI=1S/C15H22N2O3/c1-9-6-7-10(8-11(9)12(18)19)17-13(20)14(2,3)15(4,5)16/h6-8H,16H2,1-5H3,(H,17,20)(H,18,19). The van der Waals surface area contributed by atoms with E-state index >= 15 is 0 Å². The van der Waals surface area contributed by atoms with Crippen LogP contribution in [0.25, 0.3) is 0 Å². The summed E-state index contributed by atoms with van der Waals surface area (Å²) in [4.78, 5) is 23.4. The molecule has 0 unspecified atom stereocenters. The predicted molar refractivity (Wildman–Crippen MR) is 78.8 cm³/mol. The fourth-order valence-corrected chi connectivity index (χ4v) is 1.51. The molecule has 0 saturated heterocycles. The van der Waals surface area contributed by atoms with Crippen molar-refractivity contribution in [2.75, 3.05) is 5.32 Å². The average molecular weight is 278 g/mol. The maximum Gasteiger partial charge on any atom is 0.336 e. The van der Waals surface area contributed by atoms with Crippen LogP contribution in [0.15, 0.2) is 18.2 Å². The van der Waals surface area contributed by atoms with Crippen LogP contribution in [0.3, 0.4) is 0 Å². The van der Waals surface area contributed by atoms with E-state index < -0.39 is 16.9 Å². The van der Waals surface area contributed by atoms with Crippen LogP contribution >= 0.6 is 0 Å². The molecule has 0 heterocycles. The summed E-state index contributed by atoms with van der Waals surface area (Å²) >= 11 is 0. The summed E-state index contributed by atoms with van der Waals surface area (Å²) in [6.45, 7) is 8.79. The summed E-state index contributed by atoms with van der Waals surface area (Å²) in [7, 11) is 0. The molecule has 0 aliphatic carbocycles. The number of carboxylic acids is 1. The van der Waals surface area contributed by atoms with Crippen LogP contribution < -0.4 is 11.1 Å². The quantitative estimate of drug-likeness (QED) is 0.788. The van der Waals surface area contributed by atoms with Crippen molar-refractivity contribution >= 4 is 17.6 Å². The lowest BCUT2D eigenvalue weighted by atomic mass is 9.74. The van der Waals surface area contributed by atoms with Gasteiger partial charge in [0, 0.05) is 11.2 Å². The molecule has 0 aliphatic rings. The Morgan fingerprint density at radius 3 is 2.20 bits per heavy atom. The molecule has 0 bridgehead atoms. The normalized spacial score (nSPS) is 12.1. The Bertz CT molecular complexity index is 543. The first kappa shape index (κ1) is 16.2. The molecule has 0 radical (unpaired) electrons. The Balaban J connectivity index is 3.03. The molecule has 0 spiro atoms. The topological polar surface area (TPSA) is 92.4 Å². The van der Waals surface area contributed by atoms with E-state index in [0.717, 1.165) is 0 Å². The third-order valence-electron chi connectivity index (χ3n) is 3.90. The van der Waals surface area contributed by atoms with Gasteiger partial charge in [0.15, 0.2) is 0 Å². The zero-order valence-electron chi connectivity index (χ0n) is 12.6. The van der Waals surface area contributed by atoms with Gasteiger partial charge in [-0.15, -0.1) is 0 Å². The molecule has 0 aliphatic heterocycles. The second-order valence-corrected chi connectivity index (χ2v) is 6.14. The number of amides is 1. The summed E-state index contributed by atoms with van der Waals surface area (Å²) in [5.41, 5.74) is 5.80. The van der Waals surface area contributed by atoms with E-state index in [2.05, 4.69) is 5.32 Å². The fourth-order valence-electron chi connectivity index (χ4n) is 1.51. The second kappa shape index (κ2) is 5.25. The Kier molecular flexibility index (Phi) is 4.24. The van der Waals surface area contributed by atoms with Gasteiger partial charge in [-0.25, -0.2) is 4.79 Å². The number of benzene rings is 1. The van der Waals surface area contributed by atoms with Crippen LogP contribution in [0, 0.1) is 12.3 Å². The fraction of sp³-hybridized carbons (Fsp3) is 0.467. The minimum atomic E-state index is -1.02. The van der Waals surface area contributed by atoms with E-state index in [9.17, 15) is 9.59 Å². The molecule has 0 saturated carbocycles. The van der Waals surface area contributed by atoms with E-state index in [-0.39, 0.29) is 11.5 Å². The summed E-state index contributed by atoms with van der Waals surface area (Å²) in [6, 6.07) is 4.80. The lowest BCUT2D eigenvalue weighted by Gasteiger charge is -2.36. The van der Waals surface area contributed by atoms with Crippen molar-refractivity contribution in [3.05, 3.63) is 29.3 Å². The van der Waals surface area contributed by atoms with Crippen molar-refractivity contribution < 1.29 is 14.7 Å². The van der Waals surface area contributed by atoms with Crippen molar-refractivity contribution in [2.45, 2.75) is 40.2 Å². The summed E-state index contributed by atoms with van der Waals surface area (Å²) < 4.78 is 0. The Morgan fingerprint density at radius 2 is 1.75 bits per heavy atom. The van der Waals surface area contributed by atoms with Crippen molar-refractivity contribution in [1.82, 2.24) is 0 Å². The lowest BCUT2D eigenvalue weighted by Crippen LogP contribution is -2.53. The van der Waals surface area contributed by atoms with Gasteiger partial charge in [0.25, 0.3) is 0 Å². The molecule has 0 aromatic heterocycles. The molecule has 5 nitrogen and oxygen atoms in total. The molecule has 1 aromatic rings. The van der Waals surface area contributed by atoms with Crippen molar-refractivity contribution in [2.24, 2.45) is 11.1 Å². The van der Waals surface area contributed by atoms with Crippen LogP contribution in [0.5, 0.6) is 0 Å². The largest absolute Gasteiger partial charge is 0.478 e. The summed E-state index contributed by atoms with van der Waals surface area (Å²) in [5, 5.41) is 11.8. The van der Waals surface area contributed by atoms with Gasteiger partial charge in [0.1, 0.15) is 0 Å². The Morgan fingerprint density at radius 1 is 1.20 bits per heavy atom. The van der Waals surface area contributed by atoms with Gasteiger partial charge in [0.05, 0.1) is 11.0 Å². The number of hydrogen-bond acceptors (Lipinski definition) is 3. The molecule has 1 amide bonds. The highest BCUT2D eigenvalue weighted by molar-refractivity contribution is 5.97. The van der Waals surface area contributed by atoms with Gasteiger partial charge in [-0.05, 0) is 52.3 Å². The predicted octanol–water partition coefficient (Wildman–Crippen LogP) is 2.40. The number of rotatable bonds is 4. The molecule has 5 heteroatoms. The molecule has 0 atom stereocenters. The summed E-state index contributed by atoms with van der Waals surface area (Å²) in [6.07, 6.45) is 0. The van der Waals surface area contributed by atoms with Crippen LogP contribution in [-0.4, -0.2) is 22.5 Å². The van der Waals surface area contributed by atoms with E-state index in [1.165, 1.54) is 6.07 Å². The minimum absolute atomic E-state index is 0.174. The van der Waals surface area contributed by atoms with Crippen LogP contribution in [0.4, 0.5) is 5.69 Å². The van der Waals surface area contributed by atoms with Crippen molar-refractivity contribution in [3.63, 3.8) is 0 Å². The Hall–Kier alpha value is -1.88. The zero-order valence-corrected chi connectivity index (χ0v) is 12.6. The second-order valence-electron chi connectivity index (χ2n) is 6.14. The molecule has 20 heavy (non-hydrogen) atoms. The highest BCUT2D eigenvalue weighted by atomic mass is 16.4. The number of carbonyl (C=O) groups is 2. The highest BCUT2D eigenvalue weighted by Gasteiger charge is 2.40. The first-order chi connectivity index (χ1) is 8.96. The highest BCUT2D eigenvalue weighted by Crippen LogP contribution is 2.30. The van der Waals surface area contributed by atoms with Crippen molar-refractivity contribution in [3.8, 4) is 0 Å². The molecule has 1 rings (SSSR count). The van der Waals surface area contributed by atoms with E-state index in [1.54, 1.807) is 46.8 Å². The van der Waals surface area contributed by atoms with Gasteiger partial charge in [-0.1, -0.05) is 6.07 Å². The molecule has 110 valence electrons. The number of nitrogens with two attached hydrogens (primary N) is 1. The zero-order chi connectivity index (χ0) is 15.7. The maximum absolute atomic E-state index is 12.3. The monoisotopic (exact) mass is 278 g/mol. The number of aromatic carboxylic acids is 1. The van der Waals surface area contributed by atoms with Crippen LogP contribution in [0.1, 0.15) is 43.6 Å². The van der Waals surface area contributed by atoms with Crippen LogP contribution in [-0.2, 0) is 4.79 Å². The van der Waals surface area contributed by atoms with Gasteiger partial charge < -0.3 is 16.2 Å². The number of anilines is 1. The minimum Gasteiger partial charge on any atom is -0.478 e. The number of carboxylic acid groups (broad SMARTS) is 1. The average Bonchev–Trinajstić information content (AvgIpc) is 2.29. The first-order valence-electron chi connectivity index (χ1n) is 6.41. The lowest BCUT2D eigenvalue weighted by molar-refractivity contribution is -0.126. The van der Waals surface area contributed by atoms with Crippen molar-refractivity contribution in [1.29, 1.82) is 0 Å². The SMILES string of the molecule is Cc1ccc(NC(=O)C(C)(C)C(C)(C)N)cc1C(=O)O. The number of carbonyl (C=O) groups excluding carboxylic acids is 1. The summed E-state index contributed by atoms with van der Waals surface area (Å²) in [5.74, 6) is -1.26. The van der Waals surface area contributed by atoms with Gasteiger partial charge in [0.2, 0.25) is 5.91 Å². The van der Waals surface area contributed by atoms with E-state index in [0.29, 0.717) is 11.3 Å². The van der Waals surface area contributed by atoms with Gasteiger partial charge in [-0.3, -0.25) is 4.79 Å². The number of aryl methyl sites for hydroxylation is 1. The third-order valence-corrected chi connectivity index (χ3v) is 3.90. The smallest absolute Gasteiger partial charge is 0.336 e. The third kappa shape index (κ3) is 3.17. The molecule has 4 N–H and O–H groups in total. The van der Waals surface area contributed by atoms with Gasteiger partial charge >= 0.3 is 5.97 Å². The molecular weight excluding hydrogens is 256 g/mol. The maximum atomic E-state index is 12.3. The number of nitrogens with one attached hydrogen (secondary N) is 1. The van der Waals surface area contributed by atoms with E-state index in [1.807, 2.05) is 0 Å².